The molecule has 0 atom stereocenters. The fourth-order valence-electron chi connectivity index (χ4n) is 1.11. The second kappa shape index (κ2) is 3.56. The Morgan fingerprint density at radius 1 is 1.20 bits per heavy atom. The van der Waals surface area contributed by atoms with Crippen LogP contribution in [0, 0.1) is 5.41 Å². The van der Waals surface area contributed by atoms with Crippen molar-refractivity contribution < 1.29 is 19.1 Å². The first-order chi connectivity index (χ1) is 6.61. The lowest BCUT2D eigenvalue weighted by atomic mass is 9.93. The highest BCUT2D eigenvalue weighted by molar-refractivity contribution is 7.81. The number of thiol groups is 1. The maximum atomic E-state index is 11.5. The van der Waals surface area contributed by atoms with Crippen LogP contribution in [0.5, 0.6) is 0 Å². The zero-order valence-electron chi connectivity index (χ0n) is 9.16. The molecule has 1 heterocycles. The first-order valence-corrected chi connectivity index (χ1v) is 4.97. The zero-order chi connectivity index (χ0) is 11.9. The van der Waals surface area contributed by atoms with Crippen molar-refractivity contribution in [3.05, 3.63) is 11.6 Å². The topological polar surface area (TPSA) is 52.6 Å². The Bertz CT molecular complexity index is 314. The Labute approximate surface area is 94.0 Å². The number of carbonyl (C=O) groups excluding carboxylic acids is 2. The van der Waals surface area contributed by atoms with E-state index in [2.05, 4.69) is 12.6 Å². The fourth-order valence-corrected chi connectivity index (χ4v) is 1.27. The van der Waals surface area contributed by atoms with Gasteiger partial charge in [-0.25, -0.2) is 9.59 Å². The number of ether oxygens (including phenoxy) is 2. The van der Waals surface area contributed by atoms with Gasteiger partial charge in [0.15, 0.2) is 0 Å². The number of hydrogen-bond donors (Lipinski definition) is 1. The van der Waals surface area contributed by atoms with Gasteiger partial charge in [-0.15, -0.1) is 0 Å². The summed E-state index contributed by atoms with van der Waals surface area (Å²) in [5, 5.41) is -1.47. The SMILES string of the molecule is CC(C)(C)C=C1C(=O)OC(C)(S)OC1=O. The number of hydrogen-bond acceptors (Lipinski definition) is 5. The molecule has 0 radical (unpaired) electrons. The van der Waals surface area contributed by atoms with Crippen molar-refractivity contribution in [2.75, 3.05) is 0 Å². The third kappa shape index (κ3) is 3.27. The van der Waals surface area contributed by atoms with Crippen molar-refractivity contribution in [2.45, 2.75) is 32.8 Å². The maximum absolute atomic E-state index is 11.5. The second-order valence-electron chi connectivity index (χ2n) is 4.60. The molecule has 0 aromatic rings. The van der Waals surface area contributed by atoms with Gasteiger partial charge in [-0.05, 0) is 5.41 Å². The quantitative estimate of drug-likeness (QED) is 0.297. The molecule has 0 aliphatic carbocycles. The summed E-state index contributed by atoms with van der Waals surface area (Å²) >= 11 is 3.88. The minimum atomic E-state index is -1.47. The Morgan fingerprint density at radius 3 is 1.93 bits per heavy atom. The molecule has 4 nitrogen and oxygen atoms in total. The number of carbonyl (C=O) groups is 2. The molecule has 1 aliphatic rings. The van der Waals surface area contributed by atoms with E-state index in [1.807, 2.05) is 20.8 Å². The summed E-state index contributed by atoms with van der Waals surface area (Å²) in [5.41, 5.74) is -0.369. The molecular weight excluding hydrogens is 216 g/mol. The van der Waals surface area contributed by atoms with Gasteiger partial charge in [-0.3, -0.25) is 0 Å². The molecule has 0 spiro atoms. The zero-order valence-corrected chi connectivity index (χ0v) is 10.1. The normalized spacial score (nSPS) is 27.1. The van der Waals surface area contributed by atoms with E-state index in [0.29, 0.717) is 0 Å². The number of rotatable bonds is 0. The van der Waals surface area contributed by atoms with Crippen LogP contribution < -0.4 is 0 Å². The van der Waals surface area contributed by atoms with Gasteiger partial charge in [-0.2, -0.15) is 0 Å². The average molecular weight is 230 g/mol. The third-order valence-electron chi connectivity index (χ3n) is 1.58. The number of allylic oxidation sites excluding steroid dienone is 1. The first-order valence-electron chi connectivity index (χ1n) is 4.53. The molecule has 5 heteroatoms. The Balaban J connectivity index is 3.00. The van der Waals surface area contributed by atoms with Gasteiger partial charge >= 0.3 is 17.1 Å². The minimum absolute atomic E-state index is 0.0750. The van der Waals surface area contributed by atoms with Gasteiger partial charge in [0.25, 0.3) is 0 Å². The van der Waals surface area contributed by atoms with E-state index in [4.69, 9.17) is 9.47 Å². The molecule has 84 valence electrons. The van der Waals surface area contributed by atoms with Gasteiger partial charge in [0.2, 0.25) is 0 Å². The summed E-state index contributed by atoms with van der Waals surface area (Å²) in [6.07, 6.45) is 1.53. The number of cyclic esters (lactones) is 2. The minimum Gasteiger partial charge on any atom is -0.409 e. The van der Waals surface area contributed by atoms with Crippen molar-refractivity contribution in [3.63, 3.8) is 0 Å². The van der Waals surface area contributed by atoms with Crippen molar-refractivity contribution in [1.82, 2.24) is 0 Å². The van der Waals surface area contributed by atoms with Gasteiger partial charge in [0.05, 0.1) is 0 Å². The van der Waals surface area contributed by atoms with E-state index in [1.54, 1.807) is 0 Å². The Kier molecular flexibility index (Phi) is 2.87. The van der Waals surface area contributed by atoms with E-state index in [9.17, 15) is 9.59 Å². The molecular formula is C10H14O4S. The van der Waals surface area contributed by atoms with Crippen molar-refractivity contribution in [3.8, 4) is 0 Å². The van der Waals surface area contributed by atoms with E-state index < -0.39 is 17.1 Å². The summed E-state index contributed by atoms with van der Waals surface area (Å²) < 4.78 is 9.63. The van der Waals surface area contributed by atoms with Crippen LogP contribution in [0.1, 0.15) is 27.7 Å². The third-order valence-corrected chi connectivity index (χ3v) is 1.76. The van der Waals surface area contributed by atoms with Gasteiger partial charge in [-0.1, -0.05) is 39.5 Å². The molecule has 0 saturated carbocycles. The molecule has 0 bridgehead atoms. The molecule has 15 heavy (non-hydrogen) atoms. The van der Waals surface area contributed by atoms with Gasteiger partial charge < -0.3 is 9.47 Å². The molecule has 0 N–H and O–H groups in total. The lowest BCUT2D eigenvalue weighted by molar-refractivity contribution is -0.199. The summed E-state index contributed by atoms with van der Waals surface area (Å²) in [6, 6.07) is 0. The van der Waals surface area contributed by atoms with Crippen LogP contribution in [0.2, 0.25) is 0 Å². The second-order valence-corrected chi connectivity index (χ2v) is 5.41. The van der Waals surface area contributed by atoms with Crippen LogP contribution in [0.4, 0.5) is 0 Å². The standard InChI is InChI=1S/C10H14O4S/c1-9(2,3)5-6-7(11)13-10(4,15)14-8(6)12/h5,15H,1-4H3. The molecule has 0 unspecified atom stereocenters. The van der Waals surface area contributed by atoms with Crippen molar-refractivity contribution in [2.24, 2.45) is 5.41 Å². The smallest absolute Gasteiger partial charge is 0.349 e. The Hall–Kier alpha value is -0.970. The first kappa shape index (κ1) is 12.1. The largest absolute Gasteiger partial charge is 0.409 e. The lowest BCUT2D eigenvalue weighted by Gasteiger charge is -2.29. The highest BCUT2D eigenvalue weighted by Gasteiger charge is 2.40. The molecule has 1 saturated heterocycles. The number of esters is 2. The highest BCUT2D eigenvalue weighted by atomic mass is 32.1. The van der Waals surface area contributed by atoms with Crippen LogP contribution in [-0.4, -0.2) is 17.1 Å². The van der Waals surface area contributed by atoms with Gasteiger partial charge in [0.1, 0.15) is 5.57 Å². The maximum Gasteiger partial charge on any atom is 0.349 e. The van der Waals surface area contributed by atoms with Crippen LogP contribution in [0.3, 0.4) is 0 Å². The summed E-state index contributed by atoms with van der Waals surface area (Å²) in [6.45, 7) is 7.00. The lowest BCUT2D eigenvalue weighted by Crippen LogP contribution is -2.40. The fraction of sp³-hybridized carbons (Fsp3) is 0.600. The van der Waals surface area contributed by atoms with Crippen LogP contribution in [0.25, 0.3) is 0 Å². The Morgan fingerprint density at radius 2 is 1.60 bits per heavy atom. The van der Waals surface area contributed by atoms with Crippen LogP contribution >= 0.6 is 12.6 Å². The van der Waals surface area contributed by atoms with Crippen molar-refractivity contribution >= 4 is 24.6 Å². The van der Waals surface area contributed by atoms with E-state index in [1.165, 1.54) is 13.0 Å². The monoisotopic (exact) mass is 230 g/mol. The molecule has 1 rings (SSSR count). The molecule has 0 aromatic carbocycles. The predicted molar refractivity (Wildman–Crippen MR) is 57.1 cm³/mol. The summed E-state index contributed by atoms with van der Waals surface area (Å²) in [5.74, 6) is -1.39. The van der Waals surface area contributed by atoms with Gasteiger partial charge in [0, 0.05) is 6.92 Å². The summed E-state index contributed by atoms with van der Waals surface area (Å²) in [7, 11) is 0. The average Bonchev–Trinajstić information content (AvgIpc) is 1.93. The van der Waals surface area contributed by atoms with E-state index in [0.717, 1.165) is 0 Å². The van der Waals surface area contributed by atoms with Crippen molar-refractivity contribution in [1.29, 1.82) is 0 Å². The van der Waals surface area contributed by atoms with Crippen LogP contribution in [-0.2, 0) is 19.1 Å². The molecule has 1 aliphatic heterocycles. The molecule has 0 aromatic heterocycles. The highest BCUT2D eigenvalue weighted by Crippen LogP contribution is 2.28. The molecule has 1 fully saturated rings. The molecule has 0 amide bonds. The van der Waals surface area contributed by atoms with E-state index in [-0.39, 0.29) is 11.0 Å². The van der Waals surface area contributed by atoms with E-state index >= 15 is 0 Å². The van der Waals surface area contributed by atoms with Crippen LogP contribution in [0.15, 0.2) is 11.6 Å². The predicted octanol–water partition coefficient (Wildman–Crippen LogP) is 1.66. The summed E-state index contributed by atoms with van der Waals surface area (Å²) in [4.78, 5) is 22.9.